The van der Waals surface area contributed by atoms with Gasteiger partial charge in [-0.2, -0.15) is 0 Å². The van der Waals surface area contributed by atoms with Crippen molar-refractivity contribution in [2.75, 3.05) is 0 Å². The average molecular weight is 341 g/mol. The molecule has 0 spiro atoms. The molecule has 0 saturated carbocycles. The second-order valence-electron chi connectivity index (χ2n) is 4.74. The van der Waals surface area contributed by atoms with Crippen molar-refractivity contribution in [2.24, 2.45) is 7.05 Å². The van der Waals surface area contributed by atoms with E-state index in [-0.39, 0.29) is 5.56 Å². The van der Waals surface area contributed by atoms with Gasteiger partial charge in [0.05, 0.1) is 10.9 Å². The van der Waals surface area contributed by atoms with Crippen LogP contribution in [-0.4, -0.2) is 9.55 Å². The lowest BCUT2D eigenvalue weighted by molar-refractivity contribution is 0.828. The molecule has 3 aromatic rings. The van der Waals surface area contributed by atoms with Gasteiger partial charge in [0.15, 0.2) is 0 Å². The Morgan fingerprint density at radius 1 is 1.05 bits per heavy atom. The zero-order chi connectivity index (χ0) is 14.8. The van der Waals surface area contributed by atoms with Crippen molar-refractivity contribution in [2.45, 2.75) is 0 Å². The van der Waals surface area contributed by atoms with E-state index < -0.39 is 0 Å². The van der Waals surface area contributed by atoms with Crippen LogP contribution in [0.3, 0.4) is 0 Å². The van der Waals surface area contributed by atoms with Gasteiger partial charge in [0.2, 0.25) is 0 Å². The molecule has 0 aliphatic heterocycles. The molecule has 0 aliphatic rings. The Kier molecular flexibility index (Phi) is 3.71. The van der Waals surface area contributed by atoms with Crippen LogP contribution in [0.25, 0.3) is 23.1 Å². The largest absolute Gasteiger partial charge is 0.296 e. The van der Waals surface area contributed by atoms with Crippen LogP contribution in [0, 0.1) is 0 Å². The summed E-state index contributed by atoms with van der Waals surface area (Å²) in [5.41, 5.74) is 1.74. The van der Waals surface area contributed by atoms with Gasteiger partial charge < -0.3 is 0 Å². The molecule has 2 aromatic carbocycles. The molecule has 1 heterocycles. The lowest BCUT2D eigenvalue weighted by Gasteiger charge is -2.05. The Morgan fingerprint density at radius 3 is 2.52 bits per heavy atom. The molecule has 0 radical (unpaired) electrons. The summed E-state index contributed by atoms with van der Waals surface area (Å²) in [5.74, 6) is 0.640. The van der Waals surface area contributed by atoms with Crippen LogP contribution in [-0.2, 0) is 7.05 Å². The maximum Gasteiger partial charge on any atom is 0.261 e. The Bertz CT molecular complexity index is 879. The van der Waals surface area contributed by atoms with Crippen LogP contribution in [0.15, 0.2) is 57.8 Å². The van der Waals surface area contributed by atoms with Crippen molar-refractivity contribution in [1.82, 2.24) is 9.55 Å². The number of nitrogens with zero attached hydrogens (tertiary/aromatic N) is 2. The van der Waals surface area contributed by atoms with Crippen LogP contribution < -0.4 is 5.56 Å². The predicted octanol–water partition coefficient (Wildman–Crippen LogP) is 3.87. The van der Waals surface area contributed by atoms with E-state index in [2.05, 4.69) is 20.9 Å². The van der Waals surface area contributed by atoms with Gasteiger partial charge in [-0.3, -0.25) is 9.36 Å². The zero-order valence-electron chi connectivity index (χ0n) is 11.5. The molecule has 0 amide bonds. The van der Waals surface area contributed by atoms with Crippen molar-refractivity contribution >= 4 is 39.0 Å². The van der Waals surface area contributed by atoms with E-state index in [1.54, 1.807) is 17.7 Å². The topological polar surface area (TPSA) is 34.9 Å². The summed E-state index contributed by atoms with van der Waals surface area (Å²) in [7, 11) is 1.74. The van der Waals surface area contributed by atoms with E-state index in [9.17, 15) is 4.79 Å². The number of aromatic nitrogens is 2. The summed E-state index contributed by atoms with van der Waals surface area (Å²) in [6.07, 6.45) is 3.81. The van der Waals surface area contributed by atoms with E-state index >= 15 is 0 Å². The summed E-state index contributed by atoms with van der Waals surface area (Å²) in [4.78, 5) is 16.8. The van der Waals surface area contributed by atoms with Crippen LogP contribution >= 0.6 is 15.9 Å². The third kappa shape index (κ3) is 2.81. The third-order valence-corrected chi connectivity index (χ3v) is 3.84. The fourth-order valence-corrected chi connectivity index (χ4v) is 2.39. The first-order valence-electron chi connectivity index (χ1n) is 6.54. The third-order valence-electron chi connectivity index (χ3n) is 3.31. The number of hydrogen-bond donors (Lipinski definition) is 0. The normalized spacial score (nSPS) is 11.3. The van der Waals surface area contributed by atoms with E-state index in [1.807, 2.05) is 54.6 Å². The minimum absolute atomic E-state index is 0.0314. The molecule has 0 atom stereocenters. The van der Waals surface area contributed by atoms with Gasteiger partial charge in [-0.25, -0.2) is 4.98 Å². The van der Waals surface area contributed by atoms with Crippen molar-refractivity contribution < 1.29 is 0 Å². The minimum Gasteiger partial charge on any atom is -0.296 e. The quantitative estimate of drug-likeness (QED) is 0.709. The highest BCUT2D eigenvalue weighted by Crippen LogP contribution is 2.13. The predicted molar refractivity (Wildman–Crippen MR) is 90.1 cm³/mol. The molecule has 104 valence electrons. The van der Waals surface area contributed by atoms with Crippen LogP contribution in [0.5, 0.6) is 0 Å². The Hall–Kier alpha value is -2.20. The summed E-state index contributed by atoms with van der Waals surface area (Å²) >= 11 is 3.41. The average Bonchev–Trinajstić information content (AvgIpc) is 2.51. The van der Waals surface area contributed by atoms with Gasteiger partial charge in [0.1, 0.15) is 5.82 Å². The van der Waals surface area contributed by atoms with Gasteiger partial charge in [-0.1, -0.05) is 46.3 Å². The standard InChI is InChI=1S/C17H13BrN2O/c1-20-16(11-8-12-6-9-13(18)10-7-12)19-15-5-3-2-4-14(15)17(20)21/h2-11H,1H3/b11-8+. The molecule has 0 unspecified atom stereocenters. The molecule has 1 aromatic heterocycles. The minimum atomic E-state index is -0.0314. The van der Waals surface area contributed by atoms with Gasteiger partial charge in [0.25, 0.3) is 5.56 Å². The van der Waals surface area contributed by atoms with Gasteiger partial charge in [-0.05, 0) is 35.9 Å². The van der Waals surface area contributed by atoms with E-state index in [0.717, 1.165) is 15.6 Å². The van der Waals surface area contributed by atoms with Crippen molar-refractivity contribution in [3.63, 3.8) is 0 Å². The molecule has 21 heavy (non-hydrogen) atoms. The molecule has 0 saturated heterocycles. The number of rotatable bonds is 2. The van der Waals surface area contributed by atoms with Crippen LogP contribution in [0.4, 0.5) is 0 Å². The molecule has 4 heteroatoms. The number of para-hydroxylation sites is 1. The highest BCUT2D eigenvalue weighted by molar-refractivity contribution is 9.10. The first kappa shape index (κ1) is 13.8. The fourth-order valence-electron chi connectivity index (χ4n) is 2.13. The lowest BCUT2D eigenvalue weighted by Crippen LogP contribution is -2.20. The monoisotopic (exact) mass is 340 g/mol. The Labute approximate surface area is 130 Å². The summed E-state index contributed by atoms with van der Waals surface area (Å²) in [5, 5.41) is 0.640. The molecule has 0 bridgehead atoms. The zero-order valence-corrected chi connectivity index (χ0v) is 13.0. The molecule has 3 rings (SSSR count). The smallest absolute Gasteiger partial charge is 0.261 e. The first-order valence-corrected chi connectivity index (χ1v) is 7.34. The van der Waals surface area contributed by atoms with Crippen LogP contribution in [0.2, 0.25) is 0 Å². The van der Waals surface area contributed by atoms with E-state index in [1.165, 1.54) is 0 Å². The van der Waals surface area contributed by atoms with E-state index in [0.29, 0.717) is 11.2 Å². The molecule has 0 N–H and O–H groups in total. The van der Waals surface area contributed by atoms with Crippen molar-refractivity contribution in [3.8, 4) is 0 Å². The second-order valence-corrected chi connectivity index (χ2v) is 5.65. The van der Waals surface area contributed by atoms with Gasteiger partial charge in [-0.15, -0.1) is 0 Å². The van der Waals surface area contributed by atoms with Gasteiger partial charge >= 0.3 is 0 Å². The van der Waals surface area contributed by atoms with Crippen LogP contribution in [0.1, 0.15) is 11.4 Å². The summed E-state index contributed by atoms with van der Waals surface area (Å²) in [6, 6.07) is 15.3. The first-order chi connectivity index (χ1) is 10.1. The highest BCUT2D eigenvalue weighted by atomic mass is 79.9. The molecular weight excluding hydrogens is 328 g/mol. The molecule has 3 nitrogen and oxygen atoms in total. The van der Waals surface area contributed by atoms with Crippen molar-refractivity contribution in [1.29, 1.82) is 0 Å². The highest BCUT2D eigenvalue weighted by Gasteiger charge is 2.04. The second kappa shape index (κ2) is 5.66. The van der Waals surface area contributed by atoms with Crippen molar-refractivity contribution in [3.05, 3.63) is 74.7 Å². The fraction of sp³-hybridized carbons (Fsp3) is 0.0588. The maximum absolute atomic E-state index is 12.3. The number of hydrogen-bond acceptors (Lipinski definition) is 2. The Morgan fingerprint density at radius 2 is 1.76 bits per heavy atom. The maximum atomic E-state index is 12.3. The summed E-state index contributed by atoms with van der Waals surface area (Å²) < 4.78 is 2.61. The molecular formula is C17H13BrN2O. The SMILES string of the molecule is Cn1c(/C=C/c2ccc(Br)cc2)nc2ccccc2c1=O. The van der Waals surface area contributed by atoms with Gasteiger partial charge in [0, 0.05) is 11.5 Å². The molecule has 0 fully saturated rings. The number of halogens is 1. The Balaban J connectivity index is 2.06. The number of fused-ring (bicyclic) bond motifs is 1. The number of benzene rings is 2. The lowest BCUT2D eigenvalue weighted by atomic mass is 10.2. The summed E-state index contributed by atoms with van der Waals surface area (Å²) in [6.45, 7) is 0. The molecule has 0 aliphatic carbocycles. The van der Waals surface area contributed by atoms with E-state index in [4.69, 9.17) is 0 Å².